The van der Waals surface area contributed by atoms with E-state index in [9.17, 15) is 5.11 Å². The van der Waals surface area contributed by atoms with Crippen molar-refractivity contribution >= 4 is 11.0 Å². The Labute approximate surface area is 107 Å². The lowest BCUT2D eigenvalue weighted by Crippen LogP contribution is -2.38. The van der Waals surface area contributed by atoms with Crippen molar-refractivity contribution in [3.05, 3.63) is 35.6 Å². The van der Waals surface area contributed by atoms with Gasteiger partial charge in [0.15, 0.2) is 0 Å². The zero-order valence-corrected chi connectivity index (χ0v) is 10.6. The van der Waals surface area contributed by atoms with Crippen LogP contribution in [0.15, 0.2) is 28.7 Å². The Bertz CT molecular complexity index is 540. The minimum atomic E-state index is -0.478. The number of aliphatic hydroxyl groups is 1. The van der Waals surface area contributed by atoms with Crippen LogP contribution < -0.4 is 5.32 Å². The first-order chi connectivity index (χ1) is 8.77. The molecule has 0 amide bonds. The first-order valence-corrected chi connectivity index (χ1v) is 6.67. The molecule has 2 heterocycles. The summed E-state index contributed by atoms with van der Waals surface area (Å²) in [6.07, 6.45) is 2.94. The van der Waals surface area contributed by atoms with Crippen molar-refractivity contribution in [2.75, 3.05) is 6.54 Å². The van der Waals surface area contributed by atoms with Crippen molar-refractivity contribution in [2.45, 2.75) is 38.3 Å². The normalized spacial score (nSPS) is 22.2. The van der Waals surface area contributed by atoms with Gasteiger partial charge in [0.1, 0.15) is 11.3 Å². The van der Waals surface area contributed by atoms with Crippen LogP contribution in [0.3, 0.4) is 0 Å². The molecule has 18 heavy (non-hydrogen) atoms. The Balaban J connectivity index is 1.99. The predicted molar refractivity (Wildman–Crippen MR) is 71.6 cm³/mol. The van der Waals surface area contributed by atoms with Crippen molar-refractivity contribution in [2.24, 2.45) is 0 Å². The molecular formula is C15H19NO2. The molecule has 1 aliphatic rings. The van der Waals surface area contributed by atoms with Gasteiger partial charge in [-0.25, -0.2) is 0 Å². The fourth-order valence-corrected chi connectivity index (χ4v) is 2.90. The van der Waals surface area contributed by atoms with Crippen molar-refractivity contribution in [1.82, 2.24) is 5.32 Å². The van der Waals surface area contributed by atoms with Gasteiger partial charge < -0.3 is 14.8 Å². The second kappa shape index (κ2) is 4.75. The number of furan rings is 1. The number of fused-ring (bicyclic) bond motifs is 1. The molecule has 2 unspecified atom stereocenters. The maximum atomic E-state index is 10.6. The number of aliphatic hydroxyl groups excluding tert-OH is 1. The monoisotopic (exact) mass is 245 g/mol. The molecule has 3 nitrogen and oxygen atoms in total. The summed E-state index contributed by atoms with van der Waals surface area (Å²) < 4.78 is 5.72. The predicted octanol–water partition coefficient (Wildman–Crippen LogP) is 2.92. The van der Waals surface area contributed by atoms with E-state index in [2.05, 4.69) is 5.32 Å². The minimum Gasteiger partial charge on any atom is -0.461 e. The third-order valence-electron chi connectivity index (χ3n) is 3.84. The third-order valence-corrected chi connectivity index (χ3v) is 3.84. The van der Waals surface area contributed by atoms with Crippen LogP contribution in [0.2, 0.25) is 0 Å². The van der Waals surface area contributed by atoms with Gasteiger partial charge in [-0.1, -0.05) is 24.6 Å². The Hall–Kier alpha value is -1.32. The molecule has 2 aromatic rings. The molecule has 0 radical (unpaired) electrons. The molecule has 1 aromatic carbocycles. The number of para-hydroxylation sites is 1. The van der Waals surface area contributed by atoms with E-state index in [1.807, 2.05) is 31.2 Å². The molecule has 3 rings (SSSR count). The Morgan fingerprint density at radius 1 is 1.33 bits per heavy atom. The lowest BCUT2D eigenvalue weighted by atomic mass is 9.93. The van der Waals surface area contributed by atoms with E-state index in [-0.39, 0.29) is 6.04 Å². The van der Waals surface area contributed by atoms with Gasteiger partial charge in [-0.3, -0.25) is 0 Å². The Kier molecular flexibility index (Phi) is 3.10. The van der Waals surface area contributed by atoms with E-state index >= 15 is 0 Å². The van der Waals surface area contributed by atoms with Crippen molar-refractivity contribution in [1.29, 1.82) is 0 Å². The highest BCUT2D eigenvalue weighted by Crippen LogP contribution is 2.33. The first-order valence-electron chi connectivity index (χ1n) is 6.67. The highest BCUT2D eigenvalue weighted by Gasteiger charge is 2.27. The fourth-order valence-electron chi connectivity index (χ4n) is 2.90. The van der Waals surface area contributed by atoms with Gasteiger partial charge >= 0.3 is 0 Å². The summed E-state index contributed by atoms with van der Waals surface area (Å²) in [6.45, 7) is 2.93. The van der Waals surface area contributed by atoms with E-state index in [1.165, 1.54) is 12.8 Å². The number of rotatable bonds is 2. The summed E-state index contributed by atoms with van der Waals surface area (Å²) in [5.41, 5.74) is 1.81. The summed E-state index contributed by atoms with van der Waals surface area (Å²) in [5.74, 6) is 0.830. The molecule has 0 bridgehead atoms. The van der Waals surface area contributed by atoms with E-state index in [4.69, 9.17) is 4.42 Å². The smallest absolute Gasteiger partial charge is 0.134 e. The summed E-state index contributed by atoms with van der Waals surface area (Å²) in [6, 6.07) is 8.07. The average Bonchev–Trinajstić information content (AvgIpc) is 2.75. The number of aryl methyl sites for hydroxylation is 1. The van der Waals surface area contributed by atoms with Gasteiger partial charge in [-0.2, -0.15) is 0 Å². The van der Waals surface area contributed by atoms with E-state index in [0.717, 1.165) is 35.3 Å². The van der Waals surface area contributed by atoms with Crippen LogP contribution in [0.1, 0.15) is 36.7 Å². The van der Waals surface area contributed by atoms with Gasteiger partial charge in [-0.05, 0) is 32.4 Å². The third kappa shape index (κ3) is 1.93. The highest BCUT2D eigenvalue weighted by molar-refractivity contribution is 5.82. The second-order valence-electron chi connectivity index (χ2n) is 5.07. The number of piperidine rings is 1. The zero-order chi connectivity index (χ0) is 12.5. The molecule has 0 aliphatic carbocycles. The van der Waals surface area contributed by atoms with Gasteiger partial charge in [0.2, 0.25) is 0 Å². The molecule has 1 saturated heterocycles. The zero-order valence-electron chi connectivity index (χ0n) is 10.6. The number of nitrogens with one attached hydrogen (secondary N) is 1. The molecule has 0 spiro atoms. The van der Waals surface area contributed by atoms with Crippen LogP contribution in [0.4, 0.5) is 0 Å². The topological polar surface area (TPSA) is 45.4 Å². The molecule has 0 saturated carbocycles. The van der Waals surface area contributed by atoms with Gasteiger partial charge in [-0.15, -0.1) is 0 Å². The molecule has 96 valence electrons. The van der Waals surface area contributed by atoms with Crippen LogP contribution >= 0.6 is 0 Å². The number of hydrogen-bond acceptors (Lipinski definition) is 3. The van der Waals surface area contributed by atoms with Crippen molar-refractivity contribution < 1.29 is 9.52 Å². The minimum absolute atomic E-state index is 0.151. The van der Waals surface area contributed by atoms with Crippen LogP contribution in [0.25, 0.3) is 11.0 Å². The molecule has 2 atom stereocenters. The summed E-state index contributed by atoms with van der Waals surface area (Å²) in [7, 11) is 0. The molecule has 2 N–H and O–H groups in total. The van der Waals surface area contributed by atoms with Gasteiger partial charge in [0, 0.05) is 17.0 Å². The Morgan fingerprint density at radius 2 is 2.17 bits per heavy atom. The van der Waals surface area contributed by atoms with Gasteiger partial charge in [0.25, 0.3) is 0 Å². The van der Waals surface area contributed by atoms with Gasteiger partial charge in [0.05, 0.1) is 6.10 Å². The maximum Gasteiger partial charge on any atom is 0.134 e. The van der Waals surface area contributed by atoms with E-state index < -0.39 is 6.10 Å². The largest absolute Gasteiger partial charge is 0.461 e. The lowest BCUT2D eigenvalue weighted by molar-refractivity contribution is 0.113. The molecular weight excluding hydrogens is 226 g/mol. The second-order valence-corrected chi connectivity index (χ2v) is 5.07. The summed E-state index contributed by atoms with van der Waals surface area (Å²) in [5, 5.41) is 15.0. The average molecular weight is 245 g/mol. The quantitative estimate of drug-likeness (QED) is 0.855. The van der Waals surface area contributed by atoms with Crippen LogP contribution in [-0.4, -0.2) is 17.7 Å². The molecule has 1 aliphatic heterocycles. The van der Waals surface area contributed by atoms with E-state index in [0.29, 0.717) is 0 Å². The maximum absolute atomic E-state index is 10.6. The van der Waals surface area contributed by atoms with Crippen LogP contribution in [0, 0.1) is 6.92 Å². The van der Waals surface area contributed by atoms with Crippen molar-refractivity contribution in [3.8, 4) is 0 Å². The number of hydrogen-bond donors (Lipinski definition) is 2. The number of benzene rings is 1. The Morgan fingerprint density at radius 3 is 2.94 bits per heavy atom. The van der Waals surface area contributed by atoms with Crippen molar-refractivity contribution in [3.63, 3.8) is 0 Å². The SMILES string of the molecule is Cc1oc2ccccc2c1C(O)C1CCCCN1. The van der Waals surface area contributed by atoms with Crippen LogP contribution in [-0.2, 0) is 0 Å². The molecule has 3 heteroatoms. The molecule has 1 aromatic heterocycles. The first kappa shape index (κ1) is 11.8. The highest BCUT2D eigenvalue weighted by atomic mass is 16.3. The fraction of sp³-hybridized carbons (Fsp3) is 0.467. The summed E-state index contributed by atoms with van der Waals surface area (Å²) in [4.78, 5) is 0. The summed E-state index contributed by atoms with van der Waals surface area (Å²) >= 11 is 0. The standard InChI is InChI=1S/C15H19NO2/c1-10-14(11-6-2-3-8-13(11)18-10)15(17)12-7-4-5-9-16-12/h2-3,6,8,12,15-17H,4-5,7,9H2,1H3. The van der Waals surface area contributed by atoms with E-state index in [1.54, 1.807) is 0 Å². The lowest BCUT2D eigenvalue weighted by Gasteiger charge is -2.28. The molecule has 1 fully saturated rings. The van der Waals surface area contributed by atoms with Crippen LogP contribution in [0.5, 0.6) is 0 Å².